The third-order valence-electron chi connectivity index (χ3n) is 4.49. The van der Waals surface area contributed by atoms with Crippen molar-refractivity contribution < 1.29 is 4.79 Å². The zero-order valence-corrected chi connectivity index (χ0v) is 14.1. The average molecular weight is 319 g/mol. The van der Waals surface area contributed by atoms with E-state index in [-0.39, 0.29) is 5.91 Å². The van der Waals surface area contributed by atoms with E-state index in [2.05, 4.69) is 20.4 Å². The zero-order valence-electron chi connectivity index (χ0n) is 14.1. The van der Waals surface area contributed by atoms with E-state index in [1.807, 2.05) is 23.4 Å². The number of carbonyl (C=O) groups excluding carboxylic acids is 1. The summed E-state index contributed by atoms with van der Waals surface area (Å²) in [6.07, 6.45) is 2.41. The third-order valence-corrected chi connectivity index (χ3v) is 4.49. The monoisotopic (exact) mass is 319 g/mol. The van der Waals surface area contributed by atoms with Crippen LogP contribution in [0.5, 0.6) is 0 Å². The first-order valence-electron chi connectivity index (χ1n) is 8.21. The molecule has 1 aromatic heterocycles. The molecule has 0 aromatic carbocycles. The molecule has 1 N–H and O–H groups in total. The summed E-state index contributed by atoms with van der Waals surface area (Å²) in [6.45, 7) is 7.22. The molecule has 0 spiro atoms. The molecule has 0 atom stereocenters. The molecule has 2 heterocycles. The van der Waals surface area contributed by atoms with Crippen molar-refractivity contribution in [3.63, 3.8) is 0 Å². The van der Waals surface area contributed by atoms with Crippen molar-refractivity contribution in [3.8, 4) is 0 Å². The Morgan fingerprint density at radius 1 is 1.22 bits per heavy atom. The Morgan fingerprint density at radius 3 is 2.39 bits per heavy atom. The van der Waals surface area contributed by atoms with Crippen LogP contribution in [0.25, 0.3) is 0 Å². The number of hydrogen-bond donors (Lipinski definition) is 1. The fourth-order valence-corrected chi connectivity index (χ4v) is 2.61. The predicted molar refractivity (Wildman–Crippen MR) is 86.9 cm³/mol. The van der Waals surface area contributed by atoms with Crippen molar-refractivity contribution in [2.24, 2.45) is 12.0 Å². The van der Waals surface area contributed by atoms with E-state index in [0.29, 0.717) is 12.6 Å². The van der Waals surface area contributed by atoms with Gasteiger partial charge in [-0.2, -0.15) is 0 Å². The van der Waals surface area contributed by atoms with Crippen LogP contribution in [0.2, 0.25) is 0 Å². The van der Waals surface area contributed by atoms with Crippen LogP contribution in [0, 0.1) is 6.92 Å². The first kappa shape index (κ1) is 15.8. The van der Waals surface area contributed by atoms with Crippen molar-refractivity contribution in [3.05, 3.63) is 11.6 Å². The van der Waals surface area contributed by atoms with E-state index < -0.39 is 0 Å². The quantitative estimate of drug-likeness (QED) is 0.621. The number of aliphatic imine (C=N–C) groups is 1. The van der Waals surface area contributed by atoms with Crippen molar-refractivity contribution in [1.82, 2.24) is 29.9 Å². The molecule has 1 aliphatic heterocycles. The zero-order chi connectivity index (χ0) is 16.4. The molecule has 0 bridgehead atoms. The number of rotatable bonds is 3. The predicted octanol–water partition coefficient (Wildman–Crippen LogP) is -0.104. The van der Waals surface area contributed by atoms with Gasteiger partial charge in [-0.1, -0.05) is 0 Å². The van der Waals surface area contributed by atoms with Gasteiger partial charge in [0.2, 0.25) is 5.91 Å². The highest BCUT2D eigenvalue weighted by Gasteiger charge is 2.27. The topological polar surface area (TPSA) is 78.7 Å². The Hall–Kier alpha value is -2.12. The van der Waals surface area contributed by atoms with E-state index in [9.17, 15) is 4.79 Å². The number of piperazine rings is 1. The van der Waals surface area contributed by atoms with Gasteiger partial charge in [-0.05, 0) is 19.8 Å². The lowest BCUT2D eigenvalue weighted by Gasteiger charge is -2.36. The molecule has 3 rings (SSSR count). The number of aromatic nitrogens is 3. The van der Waals surface area contributed by atoms with Crippen LogP contribution >= 0.6 is 0 Å². The van der Waals surface area contributed by atoms with Gasteiger partial charge in [-0.15, -0.1) is 10.2 Å². The molecule has 2 fully saturated rings. The van der Waals surface area contributed by atoms with Crippen molar-refractivity contribution in [2.75, 3.05) is 26.2 Å². The number of nitrogens with zero attached hydrogens (tertiary/aromatic N) is 6. The van der Waals surface area contributed by atoms with Gasteiger partial charge in [0, 0.05) is 46.2 Å². The van der Waals surface area contributed by atoms with E-state index in [0.717, 1.165) is 43.8 Å². The largest absolute Gasteiger partial charge is 0.353 e. The lowest BCUT2D eigenvalue weighted by atomic mass is 10.3. The molecular formula is C15H25N7O. The van der Waals surface area contributed by atoms with Gasteiger partial charge in [0.15, 0.2) is 11.8 Å². The highest BCUT2D eigenvalue weighted by Crippen LogP contribution is 2.19. The number of carbonyl (C=O) groups is 1. The van der Waals surface area contributed by atoms with Gasteiger partial charge >= 0.3 is 0 Å². The van der Waals surface area contributed by atoms with E-state index in [4.69, 9.17) is 4.99 Å². The molecule has 1 aliphatic carbocycles. The molecular weight excluding hydrogens is 294 g/mol. The molecule has 0 radical (unpaired) electrons. The lowest BCUT2D eigenvalue weighted by Crippen LogP contribution is -2.53. The summed E-state index contributed by atoms with van der Waals surface area (Å²) in [5, 5.41) is 11.8. The van der Waals surface area contributed by atoms with Crippen LogP contribution in [0.15, 0.2) is 4.99 Å². The van der Waals surface area contributed by atoms with Crippen LogP contribution in [0.1, 0.15) is 31.4 Å². The molecule has 1 saturated heterocycles. The average Bonchev–Trinajstić information content (AvgIpc) is 3.31. The molecule has 126 valence electrons. The number of aryl methyl sites for hydroxylation is 1. The summed E-state index contributed by atoms with van der Waals surface area (Å²) < 4.78 is 1.96. The minimum atomic E-state index is 0.146. The maximum absolute atomic E-state index is 11.5. The second-order valence-corrected chi connectivity index (χ2v) is 6.27. The van der Waals surface area contributed by atoms with Gasteiger partial charge in [0.05, 0.1) is 0 Å². The normalized spacial score (nSPS) is 19.2. The fourth-order valence-electron chi connectivity index (χ4n) is 2.61. The van der Waals surface area contributed by atoms with Crippen LogP contribution in [0.4, 0.5) is 0 Å². The standard InChI is InChI=1S/C15H25N7O/c1-11-18-19-14(20(11)3)10-16-15(17-13-4-5-13)22-8-6-21(7-9-22)12(2)23/h13H,4-10H2,1-3H3,(H,16,17). The van der Waals surface area contributed by atoms with Crippen molar-refractivity contribution >= 4 is 11.9 Å². The fraction of sp³-hybridized carbons (Fsp3) is 0.733. The molecule has 8 heteroatoms. The molecule has 1 amide bonds. The second kappa shape index (κ2) is 6.55. The van der Waals surface area contributed by atoms with E-state index >= 15 is 0 Å². The van der Waals surface area contributed by atoms with Crippen LogP contribution in [-0.4, -0.2) is 68.7 Å². The minimum Gasteiger partial charge on any atom is -0.353 e. The molecule has 8 nitrogen and oxygen atoms in total. The Balaban J connectivity index is 1.66. The van der Waals surface area contributed by atoms with Crippen molar-refractivity contribution in [1.29, 1.82) is 0 Å². The van der Waals surface area contributed by atoms with Crippen LogP contribution in [-0.2, 0) is 18.4 Å². The molecule has 23 heavy (non-hydrogen) atoms. The highest BCUT2D eigenvalue weighted by atomic mass is 16.2. The second-order valence-electron chi connectivity index (χ2n) is 6.27. The summed E-state index contributed by atoms with van der Waals surface area (Å²) in [5.74, 6) is 2.83. The van der Waals surface area contributed by atoms with Crippen LogP contribution in [0.3, 0.4) is 0 Å². The maximum Gasteiger partial charge on any atom is 0.219 e. The van der Waals surface area contributed by atoms with E-state index in [1.165, 1.54) is 12.8 Å². The van der Waals surface area contributed by atoms with E-state index in [1.54, 1.807) is 6.92 Å². The summed E-state index contributed by atoms with van der Waals surface area (Å²) in [7, 11) is 1.96. The molecule has 0 unspecified atom stereocenters. The summed E-state index contributed by atoms with van der Waals surface area (Å²) >= 11 is 0. The summed E-state index contributed by atoms with van der Waals surface area (Å²) in [5.41, 5.74) is 0. The minimum absolute atomic E-state index is 0.146. The number of guanidine groups is 1. The Bertz CT molecular complexity index is 597. The molecule has 2 aliphatic rings. The first-order valence-corrected chi connectivity index (χ1v) is 8.21. The first-order chi connectivity index (χ1) is 11.0. The van der Waals surface area contributed by atoms with Crippen LogP contribution < -0.4 is 5.32 Å². The van der Waals surface area contributed by atoms with Gasteiger partial charge in [0.1, 0.15) is 12.4 Å². The Morgan fingerprint density at radius 2 is 1.87 bits per heavy atom. The highest BCUT2D eigenvalue weighted by molar-refractivity contribution is 5.81. The smallest absolute Gasteiger partial charge is 0.219 e. The molecule has 1 saturated carbocycles. The third kappa shape index (κ3) is 3.80. The Labute approximate surface area is 136 Å². The lowest BCUT2D eigenvalue weighted by molar-refractivity contribution is -0.130. The van der Waals surface area contributed by atoms with Crippen molar-refractivity contribution in [2.45, 2.75) is 39.3 Å². The van der Waals surface area contributed by atoms with Gasteiger partial charge in [0.25, 0.3) is 0 Å². The van der Waals surface area contributed by atoms with Gasteiger partial charge in [-0.3, -0.25) is 4.79 Å². The number of hydrogen-bond acceptors (Lipinski definition) is 4. The van der Waals surface area contributed by atoms with Gasteiger partial charge in [-0.25, -0.2) is 4.99 Å². The summed E-state index contributed by atoms with van der Waals surface area (Å²) in [6, 6.07) is 0.542. The SMILES string of the molecule is CC(=O)N1CCN(C(=NCc2nnc(C)n2C)NC2CC2)CC1. The maximum atomic E-state index is 11.5. The molecule has 1 aromatic rings. The number of nitrogens with one attached hydrogen (secondary N) is 1. The number of amides is 1. The van der Waals surface area contributed by atoms with Gasteiger partial charge < -0.3 is 19.7 Å². The Kier molecular flexibility index (Phi) is 4.49. The summed E-state index contributed by atoms with van der Waals surface area (Å²) in [4.78, 5) is 20.3.